The fraction of sp³-hybridized carbons (Fsp3) is 0.312. The number of carbonyl (C=O) groups is 1. The van der Waals surface area contributed by atoms with Crippen molar-refractivity contribution in [3.8, 4) is 11.3 Å². The van der Waals surface area contributed by atoms with Gasteiger partial charge in [0.2, 0.25) is 6.29 Å². The largest absolute Gasteiger partial charge is 0.350 e. The highest BCUT2D eigenvalue weighted by Gasteiger charge is 2.26. The molecular formula is C16H17N3O3S. The standard InChI is InChI=1S/C16H17N3O3S/c1-4-11(20)14-13(16(21-2)22-3)19-9-18-12(15(19)23-14)10-6-5-7-17-8-10/h5-9,16H,4H2,1-3H3. The number of carbonyl (C=O) groups excluding carboxylic acids is 1. The van der Waals surface area contributed by atoms with E-state index in [1.165, 1.54) is 11.3 Å². The van der Waals surface area contributed by atoms with Gasteiger partial charge in [0.25, 0.3) is 0 Å². The minimum Gasteiger partial charge on any atom is -0.350 e. The summed E-state index contributed by atoms with van der Waals surface area (Å²) in [6.07, 6.45) is 4.97. The molecule has 0 amide bonds. The number of fused-ring (bicyclic) bond motifs is 1. The highest BCUT2D eigenvalue weighted by molar-refractivity contribution is 7.20. The minimum atomic E-state index is -0.620. The summed E-state index contributed by atoms with van der Waals surface area (Å²) in [7, 11) is 3.10. The quantitative estimate of drug-likeness (QED) is 0.512. The van der Waals surface area contributed by atoms with E-state index in [1.807, 2.05) is 23.5 Å². The Morgan fingerprint density at radius 2 is 2.17 bits per heavy atom. The van der Waals surface area contributed by atoms with Crippen molar-refractivity contribution < 1.29 is 14.3 Å². The molecule has 0 fully saturated rings. The first-order chi connectivity index (χ1) is 11.2. The third-order valence-corrected chi connectivity index (χ3v) is 4.80. The van der Waals surface area contributed by atoms with E-state index in [1.54, 1.807) is 32.9 Å². The van der Waals surface area contributed by atoms with Crippen LogP contribution in [0.15, 0.2) is 30.9 Å². The van der Waals surface area contributed by atoms with Gasteiger partial charge >= 0.3 is 0 Å². The van der Waals surface area contributed by atoms with Crippen molar-refractivity contribution >= 4 is 22.0 Å². The monoisotopic (exact) mass is 331 g/mol. The number of hydrogen-bond acceptors (Lipinski definition) is 6. The normalized spacial score (nSPS) is 11.5. The summed E-state index contributed by atoms with van der Waals surface area (Å²) < 4.78 is 12.6. The number of aromatic nitrogens is 3. The SMILES string of the molecule is CCC(=O)c1sc2c(-c3cccnc3)ncn2c1C(OC)OC. The number of thiazole rings is 1. The van der Waals surface area contributed by atoms with Crippen LogP contribution in [0.3, 0.4) is 0 Å². The summed E-state index contributed by atoms with van der Waals surface area (Å²) in [4.78, 5) is 22.5. The number of hydrogen-bond donors (Lipinski definition) is 0. The Kier molecular flexibility index (Phi) is 4.51. The molecular weight excluding hydrogens is 314 g/mol. The first-order valence-electron chi connectivity index (χ1n) is 7.20. The van der Waals surface area contributed by atoms with Crippen molar-refractivity contribution in [1.82, 2.24) is 14.4 Å². The van der Waals surface area contributed by atoms with Crippen LogP contribution in [0.2, 0.25) is 0 Å². The summed E-state index contributed by atoms with van der Waals surface area (Å²) in [5.74, 6) is 0.0601. The highest BCUT2D eigenvalue weighted by atomic mass is 32.1. The van der Waals surface area contributed by atoms with Crippen molar-refractivity contribution in [2.45, 2.75) is 19.6 Å². The van der Waals surface area contributed by atoms with Crippen molar-refractivity contribution in [1.29, 1.82) is 0 Å². The van der Waals surface area contributed by atoms with Crippen molar-refractivity contribution in [2.75, 3.05) is 14.2 Å². The van der Waals surface area contributed by atoms with Crippen LogP contribution >= 0.6 is 11.3 Å². The Morgan fingerprint density at radius 3 is 2.78 bits per heavy atom. The molecule has 0 aliphatic heterocycles. The first-order valence-corrected chi connectivity index (χ1v) is 8.01. The lowest BCUT2D eigenvalue weighted by atomic mass is 10.2. The molecule has 23 heavy (non-hydrogen) atoms. The van der Waals surface area contributed by atoms with Crippen LogP contribution in [-0.2, 0) is 9.47 Å². The number of Topliss-reactive ketones (excluding diaryl/α,β-unsaturated/α-hetero) is 1. The van der Waals surface area contributed by atoms with Gasteiger partial charge in [-0.2, -0.15) is 0 Å². The van der Waals surface area contributed by atoms with Gasteiger partial charge in [-0.15, -0.1) is 11.3 Å². The molecule has 0 N–H and O–H groups in total. The molecule has 3 heterocycles. The second-order valence-electron chi connectivity index (χ2n) is 4.91. The van der Waals surface area contributed by atoms with Crippen LogP contribution in [0.25, 0.3) is 16.1 Å². The summed E-state index contributed by atoms with van der Waals surface area (Å²) in [5, 5.41) is 0. The predicted molar refractivity (Wildman–Crippen MR) is 87.7 cm³/mol. The molecule has 0 unspecified atom stereocenters. The number of pyridine rings is 1. The maximum atomic E-state index is 12.3. The summed E-state index contributed by atoms with van der Waals surface area (Å²) in [6.45, 7) is 1.84. The number of ether oxygens (including phenoxy) is 2. The average molecular weight is 331 g/mol. The molecule has 0 radical (unpaired) electrons. The number of methoxy groups -OCH3 is 2. The molecule has 0 bridgehead atoms. The number of ketones is 1. The van der Waals surface area contributed by atoms with Crippen LogP contribution in [-0.4, -0.2) is 34.4 Å². The van der Waals surface area contributed by atoms with Gasteiger partial charge in [0.05, 0.1) is 4.88 Å². The van der Waals surface area contributed by atoms with Gasteiger partial charge in [0.1, 0.15) is 22.5 Å². The molecule has 0 spiro atoms. The maximum Gasteiger partial charge on any atom is 0.200 e. The lowest BCUT2D eigenvalue weighted by Gasteiger charge is -2.14. The molecule has 0 saturated carbocycles. The number of rotatable bonds is 6. The Balaban J connectivity index is 2.24. The van der Waals surface area contributed by atoms with Gasteiger partial charge in [-0.05, 0) is 12.1 Å². The zero-order valence-electron chi connectivity index (χ0n) is 13.1. The number of imidazole rings is 1. The van der Waals surface area contributed by atoms with E-state index in [2.05, 4.69) is 9.97 Å². The third kappa shape index (κ3) is 2.67. The van der Waals surface area contributed by atoms with Gasteiger partial charge < -0.3 is 9.47 Å². The summed E-state index contributed by atoms with van der Waals surface area (Å²) in [5.41, 5.74) is 2.39. The number of nitrogens with zero attached hydrogens (tertiary/aromatic N) is 3. The Labute approximate surface area is 137 Å². The third-order valence-electron chi connectivity index (χ3n) is 3.58. The molecule has 3 aromatic rings. The molecule has 0 aliphatic rings. The van der Waals surface area contributed by atoms with Gasteiger partial charge in [0.15, 0.2) is 5.78 Å². The molecule has 0 saturated heterocycles. The average Bonchev–Trinajstić information content (AvgIpc) is 3.16. The second kappa shape index (κ2) is 6.57. The van der Waals surface area contributed by atoms with Crippen LogP contribution in [0.1, 0.15) is 35.0 Å². The predicted octanol–water partition coefficient (Wildman–Crippen LogP) is 3.34. The maximum absolute atomic E-state index is 12.3. The smallest absolute Gasteiger partial charge is 0.200 e. The van der Waals surface area contributed by atoms with E-state index in [4.69, 9.17) is 9.47 Å². The Hall–Kier alpha value is -2.09. The molecule has 120 valence electrons. The lowest BCUT2D eigenvalue weighted by Crippen LogP contribution is -2.11. The van der Waals surface area contributed by atoms with Gasteiger partial charge in [-0.25, -0.2) is 4.98 Å². The van der Waals surface area contributed by atoms with Crippen molar-refractivity contribution in [3.05, 3.63) is 41.4 Å². The highest BCUT2D eigenvalue weighted by Crippen LogP contribution is 2.36. The van der Waals surface area contributed by atoms with Gasteiger partial charge in [-0.1, -0.05) is 6.92 Å². The molecule has 0 aromatic carbocycles. The van der Waals surface area contributed by atoms with Crippen molar-refractivity contribution in [2.24, 2.45) is 0 Å². The molecule has 0 atom stereocenters. The van der Waals surface area contributed by atoms with E-state index in [0.717, 1.165) is 16.1 Å². The van der Waals surface area contributed by atoms with Crippen LogP contribution in [0.5, 0.6) is 0 Å². The van der Waals surface area contributed by atoms with Gasteiger partial charge in [0, 0.05) is 38.6 Å². The summed E-state index contributed by atoms with van der Waals surface area (Å²) in [6, 6.07) is 3.81. The fourth-order valence-corrected chi connectivity index (χ4v) is 3.73. The fourth-order valence-electron chi connectivity index (χ4n) is 2.47. The lowest BCUT2D eigenvalue weighted by molar-refractivity contribution is -0.109. The minimum absolute atomic E-state index is 0.0601. The molecule has 3 aromatic heterocycles. The summed E-state index contributed by atoms with van der Waals surface area (Å²) >= 11 is 1.41. The van der Waals surface area contributed by atoms with E-state index >= 15 is 0 Å². The second-order valence-corrected chi connectivity index (χ2v) is 5.91. The van der Waals surface area contributed by atoms with Crippen LogP contribution in [0.4, 0.5) is 0 Å². The van der Waals surface area contributed by atoms with Crippen LogP contribution in [0, 0.1) is 0 Å². The first kappa shape index (κ1) is 15.8. The van der Waals surface area contributed by atoms with E-state index in [9.17, 15) is 4.79 Å². The van der Waals surface area contributed by atoms with Crippen molar-refractivity contribution in [3.63, 3.8) is 0 Å². The van der Waals surface area contributed by atoms with E-state index in [0.29, 0.717) is 17.0 Å². The zero-order chi connectivity index (χ0) is 16.4. The van der Waals surface area contributed by atoms with Crippen LogP contribution < -0.4 is 0 Å². The Morgan fingerprint density at radius 1 is 1.39 bits per heavy atom. The molecule has 0 aliphatic carbocycles. The Bertz CT molecular complexity index is 822. The zero-order valence-corrected chi connectivity index (χ0v) is 14.0. The molecule has 7 heteroatoms. The molecule has 3 rings (SSSR count). The van der Waals surface area contributed by atoms with E-state index in [-0.39, 0.29) is 5.78 Å². The van der Waals surface area contributed by atoms with E-state index < -0.39 is 6.29 Å². The molecule has 6 nitrogen and oxygen atoms in total. The van der Waals surface area contributed by atoms with Gasteiger partial charge in [-0.3, -0.25) is 14.2 Å². The topological polar surface area (TPSA) is 65.7 Å².